The summed E-state index contributed by atoms with van der Waals surface area (Å²) in [7, 11) is 0.955. The average Bonchev–Trinajstić information content (AvgIpc) is 3.31. The molecule has 0 spiro atoms. The lowest BCUT2D eigenvalue weighted by Crippen LogP contribution is -2.60. The number of amides is 7. The Morgan fingerprint density at radius 1 is 0.548 bits per heavy atom. The molecule has 0 fully saturated rings. The van der Waals surface area contributed by atoms with Crippen LogP contribution in [0.3, 0.4) is 0 Å². The number of benzene rings is 2. The van der Waals surface area contributed by atoms with Crippen molar-refractivity contribution in [3.8, 4) is 11.5 Å². The van der Waals surface area contributed by atoms with E-state index in [2.05, 4.69) is 54.5 Å². The summed E-state index contributed by atoms with van der Waals surface area (Å²) in [6.07, 6.45) is 2.72. The molecular weight excluding hydrogens is 1050 g/mol. The molecule has 7 amide bonds. The van der Waals surface area contributed by atoms with E-state index in [1.54, 1.807) is 25.3 Å². The molecule has 2 rings (SSSR count). The molecular formula is C50H82BIN10O11. The van der Waals surface area contributed by atoms with Gasteiger partial charge in [-0.1, -0.05) is 59.7 Å². The van der Waals surface area contributed by atoms with Crippen LogP contribution in [0.4, 0.5) is 0 Å². The lowest BCUT2D eigenvalue weighted by atomic mass is 9.78. The van der Waals surface area contributed by atoms with Crippen molar-refractivity contribution in [3.05, 3.63) is 51.1 Å². The third kappa shape index (κ3) is 22.9. The lowest BCUT2D eigenvalue weighted by molar-refractivity contribution is -0.136. The van der Waals surface area contributed by atoms with Crippen LogP contribution in [0.2, 0.25) is 0 Å². The minimum absolute atomic E-state index is 0.000676. The largest absolute Gasteiger partial charge is 0.497 e. The third-order valence-corrected chi connectivity index (χ3v) is 12.7. The van der Waals surface area contributed by atoms with Gasteiger partial charge in [0.1, 0.15) is 47.8 Å². The number of rotatable bonds is 34. The zero-order valence-electron chi connectivity index (χ0n) is 43.8. The Balaban J connectivity index is 2.52. The van der Waals surface area contributed by atoms with Crippen molar-refractivity contribution in [1.29, 1.82) is 0 Å². The number of carbonyl (C=O) groups excluding carboxylic acids is 7. The molecule has 0 saturated heterocycles. The third-order valence-electron chi connectivity index (χ3n) is 11.9. The number of methoxy groups -OCH3 is 2. The van der Waals surface area contributed by atoms with Crippen molar-refractivity contribution in [2.75, 3.05) is 27.3 Å². The van der Waals surface area contributed by atoms with Gasteiger partial charge in [-0.2, -0.15) is 0 Å². The SMILES string of the molecule is COc1ccc(C[C@H](N)C(=O)N[C@@H](CCCCN)C(=O)N[C@@H](CCCCN)C(=O)N[C@@H](CC(C)C)C(=O)N[C@@H](Cc2ccc(OC)c(B(O)O)c2)C(=O)N[C@@H](CC(C)C)C(=O)N[C@@H](CC(C)C)C(N)=O)cc1I. The number of carbonyl (C=O) groups is 7. The first-order chi connectivity index (χ1) is 34.4. The van der Waals surface area contributed by atoms with Gasteiger partial charge in [0.15, 0.2) is 0 Å². The van der Waals surface area contributed by atoms with Crippen molar-refractivity contribution in [3.63, 3.8) is 0 Å². The molecule has 0 aliphatic carbocycles. The molecule has 0 bridgehead atoms. The Labute approximate surface area is 444 Å². The first-order valence-electron chi connectivity index (χ1n) is 25.1. The molecule has 16 N–H and O–H groups in total. The maximum absolute atomic E-state index is 14.5. The summed E-state index contributed by atoms with van der Waals surface area (Å²) in [6.45, 7) is 11.7. The average molecular weight is 1140 g/mol. The minimum atomic E-state index is -1.95. The highest BCUT2D eigenvalue weighted by Gasteiger charge is 2.35. The Bertz CT molecular complexity index is 2120. The Kier molecular flexibility index (Phi) is 28.9. The second kappa shape index (κ2) is 33.0. The van der Waals surface area contributed by atoms with Gasteiger partial charge in [-0.15, -0.1) is 0 Å². The van der Waals surface area contributed by atoms with Gasteiger partial charge in [0.2, 0.25) is 41.4 Å². The van der Waals surface area contributed by atoms with Gasteiger partial charge in [0, 0.05) is 11.9 Å². The van der Waals surface area contributed by atoms with E-state index in [1.807, 2.05) is 47.6 Å². The molecule has 0 aliphatic heterocycles. The Morgan fingerprint density at radius 2 is 0.932 bits per heavy atom. The minimum Gasteiger partial charge on any atom is -0.497 e. The highest BCUT2D eigenvalue weighted by molar-refractivity contribution is 14.1. The maximum atomic E-state index is 14.5. The first-order valence-corrected chi connectivity index (χ1v) is 26.1. The van der Waals surface area contributed by atoms with Gasteiger partial charge < -0.3 is 74.4 Å². The first kappa shape index (κ1) is 64.0. The molecule has 2 aromatic rings. The van der Waals surface area contributed by atoms with Crippen LogP contribution in [0.25, 0.3) is 0 Å². The topological polar surface area (TPSA) is 355 Å². The molecule has 0 radical (unpaired) electrons. The summed E-state index contributed by atoms with van der Waals surface area (Å²) >= 11 is 2.12. The highest BCUT2D eigenvalue weighted by Crippen LogP contribution is 2.22. The van der Waals surface area contributed by atoms with Crippen molar-refractivity contribution in [2.45, 2.75) is 154 Å². The van der Waals surface area contributed by atoms with Crippen LogP contribution in [0.1, 0.15) is 110 Å². The second-order valence-electron chi connectivity index (χ2n) is 19.7. The predicted octanol–water partition coefficient (Wildman–Crippen LogP) is -0.109. The van der Waals surface area contributed by atoms with Crippen molar-refractivity contribution < 1.29 is 53.1 Å². The summed E-state index contributed by atoms with van der Waals surface area (Å²) in [5.41, 5.74) is 24.7. The van der Waals surface area contributed by atoms with Gasteiger partial charge in [0.05, 0.1) is 23.8 Å². The van der Waals surface area contributed by atoms with E-state index >= 15 is 0 Å². The molecule has 0 saturated carbocycles. The van der Waals surface area contributed by atoms with E-state index < -0.39 is 90.8 Å². The van der Waals surface area contributed by atoms with Crippen LogP contribution < -0.4 is 69.8 Å². The second-order valence-corrected chi connectivity index (χ2v) is 20.8. The Hall–Kier alpha value is -5.08. The predicted molar refractivity (Wildman–Crippen MR) is 289 cm³/mol. The number of unbranched alkanes of at least 4 members (excludes halogenated alkanes) is 2. The zero-order valence-corrected chi connectivity index (χ0v) is 45.9. The fourth-order valence-corrected chi connectivity index (χ4v) is 8.83. The van der Waals surface area contributed by atoms with E-state index in [9.17, 15) is 43.6 Å². The van der Waals surface area contributed by atoms with Gasteiger partial charge in [-0.3, -0.25) is 33.6 Å². The summed E-state index contributed by atoms with van der Waals surface area (Å²) in [5.74, 6) is -4.37. The molecule has 2 aromatic carbocycles. The van der Waals surface area contributed by atoms with E-state index in [0.717, 1.165) is 9.13 Å². The van der Waals surface area contributed by atoms with Crippen LogP contribution in [0, 0.1) is 21.3 Å². The van der Waals surface area contributed by atoms with Crippen LogP contribution >= 0.6 is 22.6 Å². The van der Waals surface area contributed by atoms with Gasteiger partial charge >= 0.3 is 7.12 Å². The lowest BCUT2D eigenvalue weighted by Gasteiger charge is -2.29. The highest BCUT2D eigenvalue weighted by atomic mass is 127. The maximum Gasteiger partial charge on any atom is 0.492 e. The summed E-state index contributed by atoms with van der Waals surface area (Å²) in [4.78, 5) is 97.1. The van der Waals surface area contributed by atoms with Crippen LogP contribution in [-0.2, 0) is 46.4 Å². The van der Waals surface area contributed by atoms with Crippen LogP contribution in [0.15, 0.2) is 36.4 Å². The monoisotopic (exact) mass is 1140 g/mol. The Morgan fingerprint density at radius 3 is 1.36 bits per heavy atom. The molecule has 408 valence electrons. The summed E-state index contributed by atoms with van der Waals surface area (Å²) < 4.78 is 11.5. The molecule has 21 nitrogen and oxygen atoms in total. The fraction of sp³-hybridized carbons (Fsp3) is 0.620. The van der Waals surface area contributed by atoms with Crippen molar-refractivity contribution >= 4 is 76.5 Å². The number of hydrogen-bond donors (Lipinski definition) is 12. The van der Waals surface area contributed by atoms with Crippen molar-refractivity contribution in [2.24, 2.45) is 40.7 Å². The van der Waals surface area contributed by atoms with Crippen LogP contribution in [-0.4, -0.2) is 128 Å². The fourth-order valence-electron chi connectivity index (χ4n) is 8.03. The molecule has 0 aliphatic rings. The molecule has 0 heterocycles. The molecule has 73 heavy (non-hydrogen) atoms. The zero-order chi connectivity index (χ0) is 54.9. The van der Waals surface area contributed by atoms with E-state index in [1.165, 1.54) is 19.2 Å². The number of primary amides is 1. The number of nitrogens with one attached hydrogen (secondary N) is 6. The quantitative estimate of drug-likeness (QED) is 0.0247. The van der Waals surface area contributed by atoms with Gasteiger partial charge in [-0.05, 0) is 147 Å². The number of hydrogen-bond acceptors (Lipinski definition) is 14. The molecule has 0 aromatic heterocycles. The summed E-state index contributed by atoms with van der Waals surface area (Å²) in [6, 6.07) is 1.71. The number of nitrogens with two attached hydrogens (primary N) is 4. The van der Waals surface area contributed by atoms with E-state index in [4.69, 9.17) is 32.4 Å². The van der Waals surface area contributed by atoms with E-state index in [-0.39, 0.29) is 73.9 Å². The van der Waals surface area contributed by atoms with Crippen LogP contribution in [0.5, 0.6) is 11.5 Å². The number of ether oxygens (including phenoxy) is 2. The molecule has 0 unspecified atom stereocenters. The number of halogens is 1. The molecule has 23 heteroatoms. The standard InChI is InChI=1S/C50H82BIN10O11/c1-28(2)21-38(44(56)63)59-48(67)39(22-29(3)4)61-50(69)41(27-31-15-17-42(72-7)33(24-31)51(70)71)62-49(68)40(23-30(5)6)60-47(66)37(14-10-12-20-54)58-46(65)36(13-9-11-19-53)57-45(64)35(55)26-32-16-18-43(73-8)34(52)25-32/h15-18,24-25,28-30,35-41,70-71H,9-14,19-23,26-27,53-55H2,1-8H3,(H2,56,63)(H,57,64)(H,58,65)(H,59,67)(H,60,66)(H,61,69)(H,62,68)/t35-,36-,37-,38-,39-,40-,41-/m0/s1. The van der Waals surface area contributed by atoms with E-state index in [0.29, 0.717) is 50.1 Å². The van der Waals surface area contributed by atoms with Gasteiger partial charge in [0.25, 0.3) is 0 Å². The smallest absolute Gasteiger partial charge is 0.492 e. The van der Waals surface area contributed by atoms with Crippen molar-refractivity contribution in [1.82, 2.24) is 31.9 Å². The summed E-state index contributed by atoms with van der Waals surface area (Å²) in [5, 5.41) is 36.8. The molecule has 7 atom stereocenters. The normalized spacial score (nSPS) is 14.2. The van der Waals surface area contributed by atoms with Gasteiger partial charge in [-0.25, -0.2) is 0 Å².